The molecule has 1 nitrogen and oxygen atoms in total. The van der Waals surface area contributed by atoms with Gasteiger partial charge in [-0.05, 0) is 18.1 Å². The molecule has 1 atom stereocenters. The van der Waals surface area contributed by atoms with Crippen molar-refractivity contribution in [3.8, 4) is 0 Å². The maximum Gasteiger partial charge on any atom is 0.416 e. The lowest BCUT2D eigenvalue weighted by atomic mass is 9.93. The lowest BCUT2D eigenvalue weighted by molar-refractivity contribution is -0.138. The fourth-order valence-electron chi connectivity index (χ4n) is 1.59. The number of alkyl halides is 3. The van der Waals surface area contributed by atoms with Crippen LogP contribution in [0.2, 0.25) is 0 Å². The van der Waals surface area contributed by atoms with E-state index in [1.165, 1.54) is 19.1 Å². The van der Waals surface area contributed by atoms with Crippen LogP contribution in [-0.4, -0.2) is 11.7 Å². The Kier molecular flexibility index (Phi) is 3.39. The number of aliphatic hydroxyl groups excluding tert-OH is 1. The van der Waals surface area contributed by atoms with Crippen LogP contribution in [0.15, 0.2) is 18.2 Å². The summed E-state index contributed by atoms with van der Waals surface area (Å²) >= 11 is 0. The SMILES string of the molecule is Cc1cccc(C(C)CO)c1C(F)(F)F. The van der Waals surface area contributed by atoms with Crippen molar-refractivity contribution in [3.63, 3.8) is 0 Å². The minimum atomic E-state index is -4.36. The molecule has 0 bridgehead atoms. The van der Waals surface area contributed by atoms with E-state index in [-0.39, 0.29) is 17.7 Å². The quantitative estimate of drug-likeness (QED) is 0.808. The molecule has 0 radical (unpaired) electrons. The van der Waals surface area contributed by atoms with E-state index in [0.717, 1.165) is 0 Å². The zero-order chi connectivity index (χ0) is 11.6. The van der Waals surface area contributed by atoms with E-state index in [2.05, 4.69) is 0 Å². The summed E-state index contributed by atoms with van der Waals surface area (Å²) in [5.41, 5.74) is -0.267. The number of halogens is 3. The largest absolute Gasteiger partial charge is 0.416 e. The average Bonchev–Trinajstić information content (AvgIpc) is 2.14. The van der Waals surface area contributed by atoms with Crippen molar-refractivity contribution in [1.82, 2.24) is 0 Å². The molecule has 1 aromatic carbocycles. The van der Waals surface area contributed by atoms with Gasteiger partial charge in [-0.25, -0.2) is 0 Å². The molecule has 84 valence electrons. The first-order chi connectivity index (χ1) is 6.88. The molecule has 0 saturated heterocycles. The standard InChI is InChI=1S/C11H13F3O/c1-7-4-3-5-9(8(2)6-15)10(7)11(12,13)14/h3-5,8,15H,6H2,1-2H3. The van der Waals surface area contributed by atoms with Gasteiger partial charge in [-0.2, -0.15) is 13.2 Å². The zero-order valence-corrected chi connectivity index (χ0v) is 8.60. The lowest BCUT2D eigenvalue weighted by Crippen LogP contribution is -2.14. The molecule has 0 heterocycles. The van der Waals surface area contributed by atoms with Gasteiger partial charge in [0.15, 0.2) is 0 Å². The van der Waals surface area contributed by atoms with Crippen LogP contribution in [0.1, 0.15) is 29.5 Å². The van der Waals surface area contributed by atoms with Crippen LogP contribution in [0.4, 0.5) is 13.2 Å². The minimum Gasteiger partial charge on any atom is -0.396 e. The van der Waals surface area contributed by atoms with Gasteiger partial charge in [-0.15, -0.1) is 0 Å². The van der Waals surface area contributed by atoms with E-state index in [0.29, 0.717) is 0 Å². The van der Waals surface area contributed by atoms with Crippen LogP contribution in [0, 0.1) is 6.92 Å². The van der Waals surface area contributed by atoms with Gasteiger partial charge in [0, 0.05) is 12.5 Å². The first-order valence-electron chi connectivity index (χ1n) is 4.65. The summed E-state index contributed by atoms with van der Waals surface area (Å²) in [5.74, 6) is -0.499. The molecule has 1 aromatic rings. The topological polar surface area (TPSA) is 20.2 Å². The van der Waals surface area contributed by atoms with E-state index in [4.69, 9.17) is 5.11 Å². The van der Waals surface area contributed by atoms with Gasteiger partial charge >= 0.3 is 6.18 Å². The van der Waals surface area contributed by atoms with Crippen molar-refractivity contribution in [1.29, 1.82) is 0 Å². The number of benzene rings is 1. The Labute approximate surface area is 86.5 Å². The average molecular weight is 218 g/mol. The van der Waals surface area contributed by atoms with Crippen LogP contribution in [0.25, 0.3) is 0 Å². The molecular weight excluding hydrogens is 205 g/mol. The summed E-state index contributed by atoms with van der Waals surface area (Å²) in [6.07, 6.45) is -4.36. The van der Waals surface area contributed by atoms with Gasteiger partial charge in [-0.3, -0.25) is 0 Å². The second-order valence-corrected chi connectivity index (χ2v) is 3.62. The van der Waals surface area contributed by atoms with Crippen LogP contribution in [0.5, 0.6) is 0 Å². The molecule has 1 unspecified atom stereocenters. The van der Waals surface area contributed by atoms with E-state index >= 15 is 0 Å². The molecule has 0 amide bonds. The first kappa shape index (κ1) is 12.0. The van der Waals surface area contributed by atoms with Crippen LogP contribution >= 0.6 is 0 Å². The fourth-order valence-corrected chi connectivity index (χ4v) is 1.59. The Morgan fingerprint density at radius 3 is 2.40 bits per heavy atom. The molecule has 0 saturated carbocycles. The summed E-state index contributed by atoms with van der Waals surface area (Å²) in [6.45, 7) is 2.72. The highest BCUT2D eigenvalue weighted by molar-refractivity contribution is 5.38. The van der Waals surface area contributed by atoms with Crippen LogP contribution in [-0.2, 0) is 6.18 Å². The maximum atomic E-state index is 12.7. The van der Waals surface area contributed by atoms with Gasteiger partial charge < -0.3 is 5.11 Å². The summed E-state index contributed by atoms with van der Waals surface area (Å²) < 4.78 is 38.2. The van der Waals surface area contributed by atoms with E-state index in [9.17, 15) is 13.2 Å². The van der Waals surface area contributed by atoms with E-state index in [1.54, 1.807) is 13.0 Å². The molecule has 0 aromatic heterocycles. The maximum absolute atomic E-state index is 12.7. The van der Waals surface area contributed by atoms with Crippen molar-refractivity contribution in [2.45, 2.75) is 25.9 Å². The molecule has 0 fully saturated rings. The molecule has 1 rings (SSSR count). The van der Waals surface area contributed by atoms with Crippen molar-refractivity contribution in [3.05, 3.63) is 34.9 Å². The highest BCUT2D eigenvalue weighted by Gasteiger charge is 2.35. The van der Waals surface area contributed by atoms with E-state index in [1.807, 2.05) is 0 Å². The van der Waals surface area contributed by atoms with Crippen molar-refractivity contribution in [2.24, 2.45) is 0 Å². The predicted octanol–water partition coefficient (Wildman–Crippen LogP) is 3.11. The normalized spacial score (nSPS) is 14.0. The minimum absolute atomic E-state index is 0.157. The van der Waals surface area contributed by atoms with Crippen molar-refractivity contribution >= 4 is 0 Å². The molecule has 15 heavy (non-hydrogen) atoms. The molecule has 0 aliphatic rings. The van der Waals surface area contributed by atoms with Crippen molar-refractivity contribution in [2.75, 3.05) is 6.61 Å². The van der Waals surface area contributed by atoms with Crippen LogP contribution < -0.4 is 0 Å². The number of hydrogen-bond acceptors (Lipinski definition) is 1. The van der Waals surface area contributed by atoms with Gasteiger partial charge in [0.05, 0.1) is 5.56 Å². The highest BCUT2D eigenvalue weighted by Crippen LogP contribution is 2.37. The first-order valence-corrected chi connectivity index (χ1v) is 4.65. The number of aliphatic hydroxyl groups is 1. The van der Waals surface area contributed by atoms with E-state index < -0.39 is 17.7 Å². The molecule has 4 heteroatoms. The summed E-state index contributed by atoms with van der Waals surface area (Å²) in [6, 6.07) is 4.42. The van der Waals surface area contributed by atoms with Gasteiger partial charge in [0.1, 0.15) is 0 Å². The lowest BCUT2D eigenvalue weighted by Gasteiger charge is -2.18. The van der Waals surface area contributed by atoms with Crippen molar-refractivity contribution < 1.29 is 18.3 Å². The number of hydrogen-bond donors (Lipinski definition) is 1. The second-order valence-electron chi connectivity index (χ2n) is 3.62. The fraction of sp³-hybridized carbons (Fsp3) is 0.455. The molecule has 0 spiro atoms. The Bertz CT molecular complexity index is 344. The van der Waals surface area contributed by atoms with Crippen LogP contribution in [0.3, 0.4) is 0 Å². The Hall–Kier alpha value is -1.03. The third-order valence-electron chi connectivity index (χ3n) is 2.39. The zero-order valence-electron chi connectivity index (χ0n) is 8.60. The predicted molar refractivity (Wildman–Crippen MR) is 51.7 cm³/mol. The molecule has 0 aliphatic heterocycles. The molecule has 1 N–H and O–H groups in total. The Balaban J connectivity index is 3.33. The smallest absolute Gasteiger partial charge is 0.396 e. The van der Waals surface area contributed by atoms with Gasteiger partial charge in [0.25, 0.3) is 0 Å². The molecular formula is C11H13F3O. The second kappa shape index (κ2) is 4.23. The number of aryl methyl sites for hydroxylation is 1. The highest BCUT2D eigenvalue weighted by atomic mass is 19.4. The summed E-state index contributed by atoms with van der Waals surface area (Å²) in [7, 11) is 0. The third-order valence-corrected chi connectivity index (χ3v) is 2.39. The van der Waals surface area contributed by atoms with Gasteiger partial charge in [0.2, 0.25) is 0 Å². The Morgan fingerprint density at radius 1 is 1.33 bits per heavy atom. The third kappa shape index (κ3) is 2.50. The summed E-state index contributed by atoms with van der Waals surface area (Å²) in [5, 5.41) is 8.90. The molecule has 0 aliphatic carbocycles. The number of rotatable bonds is 2. The summed E-state index contributed by atoms with van der Waals surface area (Å²) in [4.78, 5) is 0. The Morgan fingerprint density at radius 2 is 1.93 bits per heavy atom. The van der Waals surface area contributed by atoms with Gasteiger partial charge in [-0.1, -0.05) is 25.1 Å². The monoisotopic (exact) mass is 218 g/mol.